The second-order valence-corrected chi connectivity index (χ2v) is 6.10. The van der Waals surface area contributed by atoms with Gasteiger partial charge < -0.3 is 4.90 Å². The number of hydrogen-bond acceptors (Lipinski definition) is 4. The molecule has 2 aromatic heterocycles. The number of fused-ring (bicyclic) bond motifs is 2. The van der Waals surface area contributed by atoms with Crippen LogP contribution >= 0.6 is 0 Å². The van der Waals surface area contributed by atoms with Crippen molar-refractivity contribution in [1.29, 1.82) is 0 Å². The van der Waals surface area contributed by atoms with Gasteiger partial charge in [0.1, 0.15) is 17.0 Å². The van der Waals surface area contributed by atoms with Gasteiger partial charge in [-0.05, 0) is 36.1 Å². The van der Waals surface area contributed by atoms with E-state index in [9.17, 15) is 9.59 Å². The van der Waals surface area contributed by atoms with Gasteiger partial charge in [0.15, 0.2) is 6.29 Å². The predicted molar refractivity (Wildman–Crippen MR) is 92.8 cm³/mol. The molecule has 3 heterocycles. The molecule has 1 aliphatic rings. The van der Waals surface area contributed by atoms with E-state index in [-0.39, 0.29) is 11.1 Å². The minimum Gasteiger partial charge on any atom is -0.351 e. The maximum atomic E-state index is 12.7. The van der Waals surface area contributed by atoms with Crippen molar-refractivity contribution in [2.45, 2.75) is 19.9 Å². The topological polar surface area (TPSA) is 54.7 Å². The summed E-state index contributed by atoms with van der Waals surface area (Å²) in [4.78, 5) is 31.0. The summed E-state index contributed by atoms with van der Waals surface area (Å²) in [7, 11) is 0. The number of benzene rings is 1. The fourth-order valence-electron chi connectivity index (χ4n) is 3.32. The summed E-state index contributed by atoms with van der Waals surface area (Å²) < 4.78 is 1.44. The van der Waals surface area contributed by atoms with Crippen LogP contribution in [0.1, 0.15) is 27.0 Å². The average Bonchev–Trinajstić information content (AvgIpc) is 2.62. The molecule has 0 spiro atoms. The summed E-state index contributed by atoms with van der Waals surface area (Å²) in [5.74, 6) is 0.485. The van der Waals surface area contributed by atoms with Gasteiger partial charge in [-0.2, -0.15) is 0 Å². The van der Waals surface area contributed by atoms with Crippen LogP contribution in [0.4, 0.5) is 5.82 Å². The number of aromatic nitrogens is 2. The molecule has 0 unspecified atom stereocenters. The smallest absolute Gasteiger partial charge is 0.270 e. The van der Waals surface area contributed by atoms with E-state index in [4.69, 9.17) is 0 Å². The van der Waals surface area contributed by atoms with E-state index in [0.717, 1.165) is 18.5 Å². The Labute approximate surface area is 139 Å². The SMILES string of the molecule is Cc1cccn2c(=O)c(C=O)c(N3CCc4ccccc4C3)nc12. The van der Waals surface area contributed by atoms with Crippen molar-refractivity contribution in [3.63, 3.8) is 0 Å². The van der Waals surface area contributed by atoms with E-state index >= 15 is 0 Å². The van der Waals surface area contributed by atoms with Gasteiger partial charge in [0.05, 0.1) is 0 Å². The Bertz CT molecular complexity index is 1010. The van der Waals surface area contributed by atoms with E-state index in [0.29, 0.717) is 24.3 Å². The molecule has 120 valence electrons. The molecular weight excluding hydrogens is 302 g/mol. The second-order valence-electron chi connectivity index (χ2n) is 6.10. The lowest BCUT2D eigenvalue weighted by Gasteiger charge is -2.30. The number of anilines is 1. The molecule has 0 N–H and O–H groups in total. The molecule has 0 radical (unpaired) electrons. The monoisotopic (exact) mass is 319 g/mol. The van der Waals surface area contributed by atoms with Crippen LogP contribution in [0, 0.1) is 6.92 Å². The number of carbonyl (C=O) groups excluding carboxylic acids is 1. The second kappa shape index (κ2) is 5.60. The van der Waals surface area contributed by atoms with Gasteiger partial charge >= 0.3 is 0 Å². The molecule has 24 heavy (non-hydrogen) atoms. The quantitative estimate of drug-likeness (QED) is 0.681. The molecule has 0 aliphatic carbocycles. The molecule has 0 bridgehead atoms. The van der Waals surface area contributed by atoms with Crippen LogP contribution in [0.25, 0.3) is 5.65 Å². The minimum atomic E-state index is -0.312. The Balaban J connectivity index is 1.89. The van der Waals surface area contributed by atoms with Crippen molar-refractivity contribution in [3.8, 4) is 0 Å². The van der Waals surface area contributed by atoms with Crippen molar-refractivity contribution >= 4 is 17.8 Å². The van der Waals surface area contributed by atoms with Gasteiger partial charge in [0.2, 0.25) is 0 Å². The zero-order valence-electron chi connectivity index (χ0n) is 13.4. The highest BCUT2D eigenvalue weighted by Crippen LogP contribution is 2.24. The largest absolute Gasteiger partial charge is 0.351 e. The minimum absolute atomic E-state index is 0.123. The van der Waals surface area contributed by atoms with E-state index in [1.165, 1.54) is 15.5 Å². The summed E-state index contributed by atoms with van der Waals surface area (Å²) in [6.07, 6.45) is 3.16. The van der Waals surface area contributed by atoms with Crippen molar-refractivity contribution in [2.24, 2.45) is 0 Å². The van der Waals surface area contributed by atoms with Crippen LogP contribution in [0.3, 0.4) is 0 Å². The first kappa shape index (κ1) is 14.6. The molecule has 0 amide bonds. The van der Waals surface area contributed by atoms with Crippen molar-refractivity contribution < 1.29 is 4.79 Å². The molecule has 5 heteroatoms. The highest BCUT2D eigenvalue weighted by atomic mass is 16.1. The fraction of sp³-hybridized carbons (Fsp3) is 0.211. The summed E-state index contributed by atoms with van der Waals surface area (Å²) in [5, 5.41) is 0. The molecule has 5 nitrogen and oxygen atoms in total. The number of aldehydes is 1. The maximum Gasteiger partial charge on any atom is 0.270 e. The van der Waals surface area contributed by atoms with Crippen molar-refractivity contribution in [2.75, 3.05) is 11.4 Å². The van der Waals surface area contributed by atoms with Gasteiger partial charge in [-0.1, -0.05) is 30.3 Å². The molecule has 0 saturated heterocycles. The van der Waals surface area contributed by atoms with Gasteiger partial charge in [-0.25, -0.2) is 4.98 Å². The zero-order chi connectivity index (χ0) is 16.7. The van der Waals surface area contributed by atoms with Gasteiger partial charge in [0.25, 0.3) is 5.56 Å². The Morgan fingerprint density at radius 3 is 2.71 bits per heavy atom. The zero-order valence-corrected chi connectivity index (χ0v) is 13.4. The average molecular weight is 319 g/mol. The number of pyridine rings is 1. The van der Waals surface area contributed by atoms with Crippen LogP contribution in [-0.4, -0.2) is 22.2 Å². The Kier molecular flexibility index (Phi) is 3.41. The van der Waals surface area contributed by atoms with Crippen LogP contribution in [-0.2, 0) is 13.0 Å². The van der Waals surface area contributed by atoms with E-state index in [2.05, 4.69) is 17.1 Å². The molecule has 0 fully saturated rings. The lowest BCUT2D eigenvalue weighted by atomic mass is 10.00. The molecule has 1 aromatic carbocycles. The number of nitrogens with zero attached hydrogens (tertiary/aromatic N) is 3. The third-order valence-electron chi connectivity index (χ3n) is 4.61. The van der Waals surface area contributed by atoms with Crippen molar-refractivity contribution in [3.05, 3.63) is 75.2 Å². The summed E-state index contributed by atoms with van der Waals surface area (Å²) in [5.41, 5.74) is 3.85. The summed E-state index contributed by atoms with van der Waals surface area (Å²) in [6, 6.07) is 12.0. The summed E-state index contributed by atoms with van der Waals surface area (Å²) >= 11 is 0. The molecule has 3 aromatic rings. The van der Waals surface area contributed by atoms with Crippen molar-refractivity contribution in [1.82, 2.24) is 9.38 Å². The molecule has 4 rings (SSSR count). The van der Waals surface area contributed by atoms with Gasteiger partial charge in [0, 0.05) is 19.3 Å². The molecular formula is C19H17N3O2. The van der Waals surface area contributed by atoms with Crippen LogP contribution < -0.4 is 10.5 Å². The number of rotatable bonds is 2. The molecule has 1 aliphatic heterocycles. The lowest BCUT2D eigenvalue weighted by Crippen LogP contribution is -2.34. The van der Waals surface area contributed by atoms with Crippen LogP contribution in [0.5, 0.6) is 0 Å². The highest BCUT2D eigenvalue weighted by molar-refractivity contribution is 5.83. The summed E-state index contributed by atoms with van der Waals surface area (Å²) in [6.45, 7) is 3.31. The van der Waals surface area contributed by atoms with E-state index in [1.54, 1.807) is 12.3 Å². The Morgan fingerprint density at radius 1 is 1.12 bits per heavy atom. The molecule has 0 atom stereocenters. The van der Waals surface area contributed by atoms with E-state index in [1.807, 2.05) is 30.0 Å². The Morgan fingerprint density at radius 2 is 1.92 bits per heavy atom. The van der Waals surface area contributed by atoms with Gasteiger partial charge in [-0.3, -0.25) is 14.0 Å². The van der Waals surface area contributed by atoms with E-state index < -0.39 is 0 Å². The maximum absolute atomic E-state index is 12.7. The molecule has 0 saturated carbocycles. The highest BCUT2D eigenvalue weighted by Gasteiger charge is 2.22. The number of hydrogen-bond donors (Lipinski definition) is 0. The van der Waals surface area contributed by atoms with Crippen LogP contribution in [0.2, 0.25) is 0 Å². The predicted octanol–water partition coefficient (Wildman–Crippen LogP) is 2.38. The first-order valence-electron chi connectivity index (χ1n) is 7.98. The lowest BCUT2D eigenvalue weighted by molar-refractivity contribution is 0.112. The third-order valence-corrected chi connectivity index (χ3v) is 4.61. The number of aryl methyl sites for hydroxylation is 1. The normalized spacial score (nSPS) is 13.8. The first-order chi connectivity index (χ1) is 11.7. The fourth-order valence-corrected chi connectivity index (χ4v) is 3.32. The number of carbonyl (C=O) groups is 1. The third kappa shape index (κ3) is 2.21. The van der Waals surface area contributed by atoms with Gasteiger partial charge in [-0.15, -0.1) is 0 Å². The Hall–Kier alpha value is -2.95. The first-order valence-corrected chi connectivity index (χ1v) is 7.98. The van der Waals surface area contributed by atoms with Crippen LogP contribution in [0.15, 0.2) is 47.4 Å². The standard InChI is InChI=1S/C19H17N3O2/c1-13-5-4-9-22-17(13)20-18(16(12-23)19(22)24)21-10-8-14-6-2-3-7-15(14)11-21/h2-7,9,12H,8,10-11H2,1H3.